The number of hydrogen-bond donors (Lipinski definition) is 2. The minimum Gasteiger partial charge on any atom is -0.409 e. The molecule has 2 N–H and O–H groups in total. The smallest absolute Gasteiger partial charge is 0.373 e. The minimum atomic E-state index is 0.277. The van der Waals surface area contributed by atoms with Crippen molar-refractivity contribution >= 4 is 29.1 Å². The molecule has 1 aliphatic heterocycles. The first-order valence-corrected chi connectivity index (χ1v) is 8.40. The molecular formula is C20H21BN2. The van der Waals surface area contributed by atoms with Gasteiger partial charge in [0.05, 0.1) is 0 Å². The van der Waals surface area contributed by atoms with Crippen LogP contribution in [0.2, 0.25) is 5.82 Å². The Labute approximate surface area is 138 Å². The van der Waals surface area contributed by atoms with Gasteiger partial charge in [-0.25, -0.2) is 0 Å². The Morgan fingerprint density at radius 1 is 0.826 bits per heavy atom. The van der Waals surface area contributed by atoms with Crippen molar-refractivity contribution in [2.45, 2.75) is 25.6 Å². The maximum absolute atomic E-state index is 3.69. The van der Waals surface area contributed by atoms with E-state index in [0.717, 1.165) is 12.8 Å². The molecule has 0 spiro atoms. The van der Waals surface area contributed by atoms with Crippen LogP contribution < -0.4 is 10.5 Å². The monoisotopic (exact) mass is 300 g/mol. The third kappa shape index (κ3) is 2.79. The molecule has 2 nitrogen and oxygen atoms in total. The molecule has 3 heteroatoms. The van der Waals surface area contributed by atoms with Crippen molar-refractivity contribution in [2.24, 2.45) is 0 Å². The molecular weight excluding hydrogens is 279 g/mol. The van der Waals surface area contributed by atoms with Crippen LogP contribution in [0.15, 0.2) is 66.7 Å². The van der Waals surface area contributed by atoms with Gasteiger partial charge in [0, 0.05) is 16.8 Å². The highest BCUT2D eigenvalue weighted by atomic mass is 15.0. The zero-order valence-electron chi connectivity index (χ0n) is 13.4. The predicted octanol–water partition coefficient (Wildman–Crippen LogP) is 5.19. The van der Waals surface area contributed by atoms with Crippen LogP contribution in [0.3, 0.4) is 0 Å². The van der Waals surface area contributed by atoms with Crippen molar-refractivity contribution in [1.29, 1.82) is 0 Å². The molecule has 0 radical (unpaired) electrons. The molecule has 0 saturated heterocycles. The maximum Gasteiger partial charge on any atom is 0.373 e. The second-order valence-electron chi connectivity index (χ2n) is 6.48. The average Bonchev–Trinajstić information content (AvgIpc) is 2.61. The fourth-order valence-corrected chi connectivity index (χ4v) is 3.44. The van der Waals surface area contributed by atoms with E-state index in [1.807, 2.05) is 0 Å². The lowest BCUT2D eigenvalue weighted by atomic mass is 9.59. The van der Waals surface area contributed by atoms with E-state index in [0.29, 0.717) is 5.82 Å². The van der Waals surface area contributed by atoms with Crippen molar-refractivity contribution in [2.75, 3.05) is 10.5 Å². The fraction of sp³-hybridized carbons (Fsp3) is 0.200. The van der Waals surface area contributed by atoms with E-state index in [9.17, 15) is 0 Å². The Morgan fingerprint density at radius 2 is 1.48 bits per heavy atom. The average molecular weight is 300 g/mol. The lowest BCUT2D eigenvalue weighted by molar-refractivity contribution is 0.776. The summed E-state index contributed by atoms with van der Waals surface area (Å²) in [5, 5.41) is 9.97. The lowest BCUT2D eigenvalue weighted by Gasteiger charge is -2.30. The molecule has 3 aromatic rings. The first-order valence-electron chi connectivity index (χ1n) is 8.40. The van der Waals surface area contributed by atoms with Crippen molar-refractivity contribution in [1.82, 2.24) is 0 Å². The zero-order valence-corrected chi connectivity index (χ0v) is 13.4. The standard InChI is InChI=1S/C20H21BN2/c1-15(13-14-16-7-3-2-4-8-16)21-22-18-11-5-9-17-10-6-12-19(23-21)20(17)18/h2-12,15,22-23H,13-14H2,1H3. The lowest BCUT2D eigenvalue weighted by Crippen LogP contribution is -2.40. The molecule has 0 aliphatic carbocycles. The molecule has 0 aromatic heterocycles. The van der Waals surface area contributed by atoms with Crippen molar-refractivity contribution in [3.8, 4) is 0 Å². The highest BCUT2D eigenvalue weighted by Crippen LogP contribution is 2.36. The Balaban J connectivity index is 1.51. The largest absolute Gasteiger partial charge is 0.409 e. The van der Waals surface area contributed by atoms with Gasteiger partial charge >= 0.3 is 6.98 Å². The van der Waals surface area contributed by atoms with Crippen LogP contribution >= 0.6 is 0 Å². The normalized spacial score (nSPS) is 14.2. The van der Waals surface area contributed by atoms with E-state index in [2.05, 4.69) is 84.1 Å². The number of aryl methyl sites for hydroxylation is 1. The third-order valence-corrected chi connectivity index (χ3v) is 4.83. The summed E-state index contributed by atoms with van der Waals surface area (Å²) >= 11 is 0. The highest BCUT2D eigenvalue weighted by molar-refractivity contribution is 6.69. The number of benzene rings is 3. The molecule has 114 valence electrons. The summed E-state index contributed by atoms with van der Waals surface area (Å²) in [6.07, 6.45) is 2.28. The molecule has 0 saturated carbocycles. The van der Waals surface area contributed by atoms with Crippen LogP contribution in [0, 0.1) is 0 Å². The summed E-state index contributed by atoms with van der Waals surface area (Å²) in [6, 6.07) is 23.7. The molecule has 1 unspecified atom stereocenters. The second-order valence-corrected chi connectivity index (χ2v) is 6.48. The van der Waals surface area contributed by atoms with Gasteiger partial charge in [-0.15, -0.1) is 0 Å². The van der Waals surface area contributed by atoms with Gasteiger partial charge in [0.2, 0.25) is 0 Å². The second kappa shape index (κ2) is 6.00. The fourth-order valence-electron chi connectivity index (χ4n) is 3.44. The van der Waals surface area contributed by atoms with Gasteiger partial charge in [0.1, 0.15) is 0 Å². The van der Waals surface area contributed by atoms with Crippen LogP contribution in [-0.4, -0.2) is 6.98 Å². The highest BCUT2D eigenvalue weighted by Gasteiger charge is 2.28. The van der Waals surface area contributed by atoms with Crippen molar-refractivity contribution < 1.29 is 0 Å². The first-order chi connectivity index (χ1) is 11.3. The Hall–Kier alpha value is -2.42. The summed E-state index contributed by atoms with van der Waals surface area (Å²) in [7, 11) is 0. The van der Waals surface area contributed by atoms with Gasteiger partial charge in [0.25, 0.3) is 0 Å². The number of anilines is 2. The van der Waals surface area contributed by atoms with E-state index < -0.39 is 0 Å². The molecule has 0 amide bonds. The van der Waals surface area contributed by atoms with Gasteiger partial charge in [-0.05, 0) is 41.7 Å². The zero-order chi connectivity index (χ0) is 15.6. The molecule has 23 heavy (non-hydrogen) atoms. The Morgan fingerprint density at radius 3 is 2.13 bits per heavy atom. The summed E-state index contributed by atoms with van der Waals surface area (Å²) in [4.78, 5) is 0. The summed E-state index contributed by atoms with van der Waals surface area (Å²) in [5.74, 6) is 0.541. The van der Waals surface area contributed by atoms with E-state index in [1.165, 1.54) is 27.7 Å². The molecule has 3 aromatic carbocycles. The van der Waals surface area contributed by atoms with Gasteiger partial charge in [-0.2, -0.15) is 0 Å². The Kier molecular flexibility index (Phi) is 3.70. The van der Waals surface area contributed by atoms with Gasteiger partial charge in [0.15, 0.2) is 0 Å². The topological polar surface area (TPSA) is 24.1 Å². The van der Waals surface area contributed by atoms with E-state index in [-0.39, 0.29) is 6.98 Å². The Bertz CT molecular complexity index is 775. The minimum absolute atomic E-state index is 0.277. The van der Waals surface area contributed by atoms with Crippen LogP contribution in [0.4, 0.5) is 11.4 Å². The summed E-state index contributed by atoms with van der Waals surface area (Å²) in [6.45, 7) is 2.60. The summed E-state index contributed by atoms with van der Waals surface area (Å²) < 4.78 is 0. The number of rotatable bonds is 4. The van der Waals surface area contributed by atoms with Crippen LogP contribution in [0.5, 0.6) is 0 Å². The van der Waals surface area contributed by atoms with Crippen LogP contribution in [0.1, 0.15) is 18.9 Å². The van der Waals surface area contributed by atoms with Gasteiger partial charge in [-0.3, -0.25) is 0 Å². The van der Waals surface area contributed by atoms with Gasteiger partial charge in [-0.1, -0.05) is 61.5 Å². The molecule has 0 bridgehead atoms. The maximum atomic E-state index is 3.69. The predicted molar refractivity (Wildman–Crippen MR) is 101 cm³/mol. The number of nitrogens with one attached hydrogen (secondary N) is 2. The summed E-state index contributed by atoms with van der Waals surface area (Å²) in [5.41, 5.74) is 3.90. The van der Waals surface area contributed by atoms with E-state index >= 15 is 0 Å². The molecule has 1 aliphatic rings. The SMILES string of the molecule is CC(CCc1ccccc1)B1Nc2cccc3cccc(c23)N1. The van der Waals surface area contributed by atoms with Crippen molar-refractivity contribution in [3.05, 3.63) is 72.3 Å². The van der Waals surface area contributed by atoms with E-state index in [4.69, 9.17) is 0 Å². The molecule has 0 fully saturated rings. The molecule has 1 atom stereocenters. The quantitative estimate of drug-likeness (QED) is 0.648. The van der Waals surface area contributed by atoms with Crippen molar-refractivity contribution in [3.63, 3.8) is 0 Å². The number of hydrogen-bond acceptors (Lipinski definition) is 2. The van der Waals surface area contributed by atoms with Crippen LogP contribution in [0.25, 0.3) is 10.8 Å². The molecule has 4 rings (SSSR count). The van der Waals surface area contributed by atoms with Gasteiger partial charge < -0.3 is 10.5 Å². The van der Waals surface area contributed by atoms with Crippen LogP contribution in [-0.2, 0) is 6.42 Å². The van der Waals surface area contributed by atoms with E-state index in [1.54, 1.807) is 0 Å². The molecule has 1 heterocycles. The first kappa shape index (κ1) is 14.2. The third-order valence-electron chi connectivity index (χ3n) is 4.83.